The third-order valence-electron chi connectivity index (χ3n) is 4.90. The zero-order valence-electron chi connectivity index (χ0n) is 18.3. The SMILES string of the molecule is O=C(CN1C(=O)S/C(=C/c2cc(Cl)c(OCc3ccc(Br)cc3)c(Br)c2)C1=O)Nc1cccc(F)c1. The average Bonchev–Trinajstić information content (AvgIpc) is 3.07. The van der Waals surface area contributed by atoms with Crippen molar-refractivity contribution in [3.8, 4) is 5.75 Å². The summed E-state index contributed by atoms with van der Waals surface area (Å²) in [6.45, 7) is -0.187. The van der Waals surface area contributed by atoms with E-state index in [1.807, 2.05) is 24.3 Å². The summed E-state index contributed by atoms with van der Waals surface area (Å²) in [4.78, 5) is 38.4. The van der Waals surface area contributed by atoms with Gasteiger partial charge in [0.05, 0.1) is 14.4 Å². The molecule has 1 aliphatic heterocycles. The smallest absolute Gasteiger partial charge is 0.294 e. The first-order chi connectivity index (χ1) is 17.2. The number of thioether (sulfide) groups is 1. The number of amides is 3. The van der Waals surface area contributed by atoms with Gasteiger partial charge >= 0.3 is 0 Å². The number of hydrogen-bond acceptors (Lipinski definition) is 5. The molecule has 4 rings (SSSR count). The van der Waals surface area contributed by atoms with Gasteiger partial charge in [-0.15, -0.1) is 0 Å². The lowest BCUT2D eigenvalue weighted by molar-refractivity contribution is -0.127. The molecule has 6 nitrogen and oxygen atoms in total. The maximum Gasteiger partial charge on any atom is 0.294 e. The molecule has 3 aromatic carbocycles. The van der Waals surface area contributed by atoms with Crippen LogP contribution in [0.5, 0.6) is 5.75 Å². The van der Waals surface area contributed by atoms with Gasteiger partial charge in [-0.3, -0.25) is 19.3 Å². The minimum atomic E-state index is -0.623. The molecule has 1 heterocycles. The summed E-state index contributed by atoms with van der Waals surface area (Å²) in [5.74, 6) is -1.31. The van der Waals surface area contributed by atoms with Gasteiger partial charge in [-0.1, -0.05) is 45.7 Å². The molecule has 0 aliphatic carbocycles. The summed E-state index contributed by atoms with van der Waals surface area (Å²) in [6, 6.07) is 16.3. The Balaban J connectivity index is 1.43. The maximum atomic E-state index is 13.3. The highest BCUT2D eigenvalue weighted by Crippen LogP contribution is 2.38. The lowest BCUT2D eigenvalue weighted by atomic mass is 10.2. The number of carbonyl (C=O) groups is 3. The van der Waals surface area contributed by atoms with E-state index in [1.165, 1.54) is 24.3 Å². The highest BCUT2D eigenvalue weighted by molar-refractivity contribution is 9.10. The number of nitrogens with one attached hydrogen (secondary N) is 1. The average molecular weight is 655 g/mol. The highest BCUT2D eigenvalue weighted by Gasteiger charge is 2.36. The first-order valence-corrected chi connectivity index (χ1v) is 13.1. The molecule has 3 amide bonds. The zero-order chi connectivity index (χ0) is 25.8. The predicted octanol–water partition coefficient (Wildman–Crippen LogP) is 7.26. The normalized spacial score (nSPS) is 14.4. The molecule has 0 bridgehead atoms. The molecule has 36 heavy (non-hydrogen) atoms. The fraction of sp³-hybridized carbons (Fsp3) is 0.0800. The molecule has 1 saturated heterocycles. The van der Waals surface area contributed by atoms with Crippen molar-refractivity contribution in [1.29, 1.82) is 0 Å². The summed E-state index contributed by atoms with van der Waals surface area (Å²) in [5.41, 5.74) is 1.75. The topological polar surface area (TPSA) is 75.7 Å². The van der Waals surface area contributed by atoms with Gasteiger partial charge < -0.3 is 10.1 Å². The molecule has 1 N–H and O–H groups in total. The van der Waals surface area contributed by atoms with Crippen LogP contribution < -0.4 is 10.1 Å². The third-order valence-corrected chi connectivity index (χ3v) is 7.20. The van der Waals surface area contributed by atoms with Gasteiger partial charge in [0.1, 0.15) is 19.0 Å². The van der Waals surface area contributed by atoms with Crippen LogP contribution in [0.25, 0.3) is 6.08 Å². The number of halogens is 4. The summed E-state index contributed by atoms with van der Waals surface area (Å²) < 4.78 is 20.7. The Morgan fingerprint density at radius 2 is 1.86 bits per heavy atom. The van der Waals surface area contributed by atoms with Crippen molar-refractivity contribution in [2.75, 3.05) is 11.9 Å². The Hall–Kier alpha value is -2.66. The number of ether oxygens (including phenoxy) is 1. The number of hydrogen-bond donors (Lipinski definition) is 1. The van der Waals surface area contributed by atoms with Gasteiger partial charge in [-0.2, -0.15) is 0 Å². The van der Waals surface area contributed by atoms with Gasteiger partial charge in [-0.05, 0) is 87.4 Å². The molecular formula is C25H16Br2ClFN2O4S. The van der Waals surface area contributed by atoms with Crippen LogP contribution in [0.4, 0.5) is 14.9 Å². The molecule has 0 unspecified atom stereocenters. The van der Waals surface area contributed by atoms with Crippen LogP contribution in [0.15, 0.2) is 74.5 Å². The quantitative estimate of drug-likeness (QED) is 0.272. The van der Waals surface area contributed by atoms with Gasteiger partial charge in [0.25, 0.3) is 11.1 Å². The number of anilines is 1. The van der Waals surface area contributed by atoms with E-state index in [0.29, 0.717) is 27.4 Å². The van der Waals surface area contributed by atoms with Crippen molar-refractivity contribution in [1.82, 2.24) is 4.90 Å². The van der Waals surface area contributed by atoms with E-state index in [-0.39, 0.29) is 10.6 Å². The fourth-order valence-electron chi connectivity index (χ4n) is 3.23. The molecule has 11 heteroatoms. The molecule has 184 valence electrons. The second-order valence-corrected chi connectivity index (χ2v) is 10.7. The zero-order valence-corrected chi connectivity index (χ0v) is 23.0. The predicted molar refractivity (Wildman–Crippen MR) is 145 cm³/mol. The summed E-state index contributed by atoms with van der Waals surface area (Å²) >= 11 is 14.0. The van der Waals surface area contributed by atoms with E-state index in [4.69, 9.17) is 16.3 Å². The molecular weight excluding hydrogens is 639 g/mol. The van der Waals surface area contributed by atoms with Crippen molar-refractivity contribution in [2.24, 2.45) is 0 Å². The first kappa shape index (κ1) is 26.4. The van der Waals surface area contributed by atoms with E-state index in [9.17, 15) is 18.8 Å². The summed E-state index contributed by atoms with van der Waals surface area (Å²) in [7, 11) is 0. The number of benzene rings is 3. The number of imide groups is 1. The largest absolute Gasteiger partial charge is 0.486 e. The van der Waals surface area contributed by atoms with Gasteiger partial charge in [0.2, 0.25) is 5.91 Å². The lowest BCUT2D eigenvalue weighted by Crippen LogP contribution is -2.36. The molecule has 0 aromatic heterocycles. The van der Waals surface area contributed by atoms with Gasteiger partial charge in [0.15, 0.2) is 5.75 Å². The van der Waals surface area contributed by atoms with Crippen LogP contribution in [0.1, 0.15) is 11.1 Å². The Morgan fingerprint density at radius 1 is 1.11 bits per heavy atom. The van der Waals surface area contributed by atoms with Crippen molar-refractivity contribution >= 4 is 84.0 Å². The van der Waals surface area contributed by atoms with Crippen molar-refractivity contribution in [3.05, 3.63) is 96.5 Å². The molecule has 1 fully saturated rings. The number of carbonyl (C=O) groups excluding carboxylic acids is 3. The third kappa shape index (κ3) is 6.56. The number of rotatable bonds is 7. The fourth-order valence-corrected chi connectivity index (χ4v) is 5.33. The summed E-state index contributed by atoms with van der Waals surface area (Å²) in [6.07, 6.45) is 1.52. The second kappa shape index (κ2) is 11.6. The Kier molecular flexibility index (Phi) is 8.50. The molecule has 0 spiro atoms. The molecule has 3 aromatic rings. The van der Waals surface area contributed by atoms with Crippen molar-refractivity contribution < 1.29 is 23.5 Å². The van der Waals surface area contributed by atoms with Crippen LogP contribution >= 0.6 is 55.2 Å². The Morgan fingerprint density at radius 3 is 2.56 bits per heavy atom. The van der Waals surface area contributed by atoms with Crippen LogP contribution in [0.2, 0.25) is 5.02 Å². The van der Waals surface area contributed by atoms with Crippen LogP contribution in [0, 0.1) is 5.82 Å². The van der Waals surface area contributed by atoms with Crippen molar-refractivity contribution in [3.63, 3.8) is 0 Å². The first-order valence-electron chi connectivity index (χ1n) is 10.4. The Labute approximate surface area is 232 Å². The lowest BCUT2D eigenvalue weighted by Gasteiger charge is -2.12. The standard InChI is InChI=1S/C25H16Br2ClFN2O4S/c26-16-6-4-14(5-7-16)13-35-23-19(27)8-15(9-20(23)28)10-21-24(33)31(25(34)36-21)12-22(32)30-18-3-1-2-17(29)11-18/h1-11H,12-13H2,(H,30,32)/b21-10+. The molecule has 0 saturated carbocycles. The maximum absolute atomic E-state index is 13.3. The van der Waals surface area contributed by atoms with Crippen LogP contribution in [-0.4, -0.2) is 28.5 Å². The number of nitrogens with zero attached hydrogens (tertiary/aromatic N) is 1. The van der Waals surface area contributed by atoms with E-state index in [1.54, 1.807) is 12.1 Å². The molecule has 0 atom stereocenters. The highest BCUT2D eigenvalue weighted by atomic mass is 79.9. The molecule has 1 aliphatic rings. The van der Waals surface area contributed by atoms with Crippen LogP contribution in [0.3, 0.4) is 0 Å². The monoisotopic (exact) mass is 652 g/mol. The Bertz CT molecular complexity index is 1360. The van der Waals surface area contributed by atoms with E-state index >= 15 is 0 Å². The van der Waals surface area contributed by atoms with Crippen molar-refractivity contribution in [2.45, 2.75) is 6.61 Å². The van der Waals surface area contributed by atoms with E-state index < -0.39 is 29.4 Å². The minimum absolute atomic E-state index is 0.144. The van der Waals surface area contributed by atoms with Gasteiger partial charge in [-0.25, -0.2) is 4.39 Å². The summed E-state index contributed by atoms with van der Waals surface area (Å²) in [5, 5.41) is 2.21. The second-order valence-electron chi connectivity index (χ2n) is 7.56. The van der Waals surface area contributed by atoms with E-state index in [2.05, 4.69) is 37.2 Å². The van der Waals surface area contributed by atoms with E-state index in [0.717, 1.165) is 32.8 Å². The van der Waals surface area contributed by atoms with Crippen LogP contribution in [-0.2, 0) is 16.2 Å². The minimum Gasteiger partial charge on any atom is -0.486 e. The molecule has 0 radical (unpaired) electrons. The van der Waals surface area contributed by atoms with Gasteiger partial charge in [0, 0.05) is 10.2 Å².